The molecule has 1 heterocycles. The molecule has 0 aromatic rings. The zero-order valence-electron chi connectivity index (χ0n) is 9.28. The highest BCUT2D eigenvalue weighted by atomic mass is 15.2. The van der Waals surface area contributed by atoms with Crippen LogP contribution in [-0.4, -0.2) is 37.6 Å². The number of hydrogen-bond donors (Lipinski definition) is 1. The molecule has 1 atom stereocenters. The molecule has 1 N–H and O–H groups in total. The lowest BCUT2D eigenvalue weighted by atomic mass is 9.85. The SMILES string of the molecule is CC.CCC1(CN(C)C)CCN1. The summed E-state index contributed by atoms with van der Waals surface area (Å²) in [7, 11) is 4.27. The third kappa shape index (κ3) is 3.11. The lowest BCUT2D eigenvalue weighted by Gasteiger charge is -2.44. The van der Waals surface area contributed by atoms with Gasteiger partial charge >= 0.3 is 0 Å². The Kier molecular flexibility index (Phi) is 5.51. The molecule has 1 fully saturated rings. The molecule has 0 amide bonds. The number of nitrogens with zero attached hydrogens (tertiary/aromatic N) is 1. The van der Waals surface area contributed by atoms with E-state index in [1.807, 2.05) is 13.8 Å². The largest absolute Gasteiger partial charge is 0.310 e. The fraction of sp³-hybridized carbons (Fsp3) is 1.00. The number of nitrogens with one attached hydrogen (secondary N) is 1. The molecule has 0 saturated carbocycles. The Hall–Kier alpha value is -0.0800. The highest BCUT2D eigenvalue weighted by molar-refractivity contribution is 4.96. The number of likely N-dealkylation sites (N-methyl/N-ethyl adjacent to an activating group) is 1. The zero-order valence-corrected chi connectivity index (χ0v) is 9.28. The molecular weight excluding hydrogens is 148 g/mol. The summed E-state index contributed by atoms with van der Waals surface area (Å²) in [5.41, 5.74) is 0.462. The molecule has 1 aliphatic rings. The van der Waals surface area contributed by atoms with Gasteiger partial charge in [-0.15, -0.1) is 0 Å². The van der Waals surface area contributed by atoms with E-state index in [0.29, 0.717) is 5.54 Å². The van der Waals surface area contributed by atoms with Crippen molar-refractivity contribution >= 4 is 0 Å². The molecule has 0 aromatic heterocycles. The molecule has 1 unspecified atom stereocenters. The molecule has 0 radical (unpaired) electrons. The fourth-order valence-corrected chi connectivity index (χ4v) is 1.63. The minimum absolute atomic E-state index is 0.462. The third-order valence-corrected chi connectivity index (χ3v) is 2.40. The topological polar surface area (TPSA) is 15.3 Å². The van der Waals surface area contributed by atoms with Crippen molar-refractivity contribution in [3.05, 3.63) is 0 Å². The quantitative estimate of drug-likeness (QED) is 0.697. The van der Waals surface area contributed by atoms with Crippen LogP contribution >= 0.6 is 0 Å². The summed E-state index contributed by atoms with van der Waals surface area (Å²) in [6.45, 7) is 8.65. The van der Waals surface area contributed by atoms with Crippen molar-refractivity contribution in [1.29, 1.82) is 0 Å². The molecule has 2 heteroatoms. The molecule has 0 bridgehead atoms. The molecule has 1 rings (SSSR count). The van der Waals surface area contributed by atoms with Gasteiger partial charge in [-0.3, -0.25) is 0 Å². The normalized spacial score (nSPS) is 27.5. The summed E-state index contributed by atoms with van der Waals surface area (Å²) in [6, 6.07) is 0. The summed E-state index contributed by atoms with van der Waals surface area (Å²) >= 11 is 0. The van der Waals surface area contributed by atoms with Gasteiger partial charge in [0.1, 0.15) is 0 Å². The summed E-state index contributed by atoms with van der Waals surface area (Å²) in [5.74, 6) is 0. The number of hydrogen-bond acceptors (Lipinski definition) is 2. The van der Waals surface area contributed by atoms with Crippen molar-refractivity contribution in [1.82, 2.24) is 10.2 Å². The van der Waals surface area contributed by atoms with E-state index < -0.39 is 0 Å². The van der Waals surface area contributed by atoms with Gasteiger partial charge in [0.05, 0.1) is 0 Å². The first-order chi connectivity index (χ1) is 5.68. The molecule has 0 aliphatic carbocycles. The van der Waals surface area contributed by atoms with Gasteiger partial charge < -0.3 is 10.2 Å². The molecule has 1 saturated heterocycles. The Bertz CT molecular complexity index is 101. The Labute approximate surface area is 77.3 Å². The molecule has 2 nitrogen and oxygen atoms in total. The number of rotatable bonds is 3. The van der Waals surface area contributed by atoms with Crippen molar-refractivity contribution in [2.45, 2.75) is 39.2 Å². The average molecular weight is 172 g/mol. The maximum absolute atomic E-state index is 3.50. The van der Waals surface area contributed by atoms with E-state index in [2.05, 4.69) is 31.2 Å². The van der Waals surface area contributed by atoms with Crippen LogP contribution in [0.1, 0.15) is 33.6 Å². The second kappa shape index (κ2) is 5.55. The summed E-state index contributed by atoms with van der Waals surface area (Å²) in [5, 5.41) is 3.50. The Morgan fingerprint density at radius 3 is 1.92 bits per heavy atom. The van der Waals surface area contributed by atoms with Gasteiger partial charge in [0, 0.05) is 12.1 Å². The van der Waals surface area contributed by atoms with E-state index in [-0.39, 0.29) is 0 Å². The second-order valence-corrected chi connectivity index (χ2v) is 3.55. The van der Waals surface area contributed by atoms with E-state index in [1.165, 1.54) is 25.9 Å². The molecule has 74 valence electrons. The van der Waals surface area contributed by atoms with Crippen LogP contribution in [0.5, 0.6) is 0 Å². The average Bonchev–Trinajstić information content (AvgIpc) is 2.01. The van der Waals surface area contributed by atoms with Gasteiger partial charge in [-0.25, -0.2) is 0 Å². The predicted molar refractivity (Wildman–Crippen MR) is 55.5 cm³/mol. The van der Waals surface area contributed by atoms with Gasteiger partial charge in [-0.2, -0.15) is 0 Å². The first-order valence-electron chi connectivity index (χ1n) is 5.08. The maximum Gasteiger partial charge on any atom is 0.0318 e. The standard InChI is InChI=1S/C8H18N2.C2H6/c1-4-8(5-6-9-8)7-10(2)3;1-2/h9H,4-7H2,1-3H3;1-2H3. The van der Waals surface area contributed by atoms with Crippen LogP contribution in [0, 0.1) is 0 Å². The van der Waals surface area contributed by atoms with E-state index in [1.54, 1.807) is 0 Å². The van der Waals surface area contributed by atoms with Gasteiger partial charge in [-0.05, 0) is 33.5 Å². The first-order valence-corrected chi connectivity index (χ1v) is 5.08. The van der Waals surface area contributed by atoms with Crippen LogP contribution in [0.25, 0.3) is 0 Å². The maximum atomic E-state index is 3.50. The van der Waals surface area contributed by atoms with E-state index in [4.69, 9.17) is 0 Å². The smallest absolute Gasteiger partial charge is 0.0318 e. The van der Waals surface area contributed by atoms with Crippen LogP contribution in [0.3, 0.4) is 0 Å². The third-order valence-electron chi connectivity index (χ3n) is 2.40. The predicted octanol–water partition coefficient (Wildman–Crippen LogP) is 1.72. The van der Waals surface area contributed by atoms with Gasteiger partial charge in [0.2, 0.25) is 0 Å². The van der Waals surface area contributed by atoms with Gasteiger partial charge in [0.15, 0.2) is 0 Å². The fourth-order valence-electron chi connectivity index (χ4n) is 1.63. The molecule has 12 heavy (non-hydrogen) atoms. The second-order valence-electron chi connectivity index (χ2n) is 3.55. The van der Waals surface area contributed by atoms with Crippen molar-refractivity contribution in [2.75, 3.05) is 27.2 Å². The lowest BCUT2D eigenvalue weighted by Crippen LogP contribution is -2.61. The van der Waals surface area contributed by atoms with Crippen LogP contribution < -0.4 is 5.32 Å². The molecule has 0 aromatic carbocycles. The van der Waals surface area contributed by atoms with Crippen molar-refractivity contribution in [3.8, 4) is 0 Å². The van der Waals surface area contributed by atoms with Crippen LogP contribution in [0.2, 0.25) is 0 Å². The Balaban J connectivity index is 0.000000561. The van der Waals surface area contributed by atoms with Crippen LogP contribution in [-0.2, 0) is 0 Å². The molecule has 1 aliphatic heterocycles. The molecular formula is C10H24N2. The van der Waals surface area contributed by atoms with Crippen molar-refractivity contribution in [3.63, 3.8) is 0 Å². The minimum Gasteiger partial charge on any atom is -0.310 e. The Morgan fingerprint density at radius 2 is 1.83 bits per heavy atom. The zero-order chi connectivity index (χ0) is 9.61. The summed E-state index contributed by atoms with van der Waals surface area (Å²) < 4.78 is 0. The highest BCUT2D eigenvalue weighted by Crippen LogP contribution is 2.22. The van der Waals surface area contributed by atoms with Crippen molar-refractivity contribution in [2.24, 2.45) is 0 Å². The summed E-state index contributed by atoms with van der Waals surface area (Å²) in [4.78, 5) is 2.26. The van der Waals surface area contributed by atoms with Gasteiger partial charge in [0.25, 0.3) is 0 Å². The minimum atomic E-state index is 0.462. The van der Waals surface area contributed by atoms with Crippen LogP contribution in [0.15, 0.2) is 0 Å². The molecule has 0 spiro atoms. The lowest BCUT2D eigenvalue weighted by molar-refractivity contribution is 0.147. The Morgan fingerprint density at radius 1 is 1.33 bits per heavy atom. The van der Waals surface area contributed by atoms with E-state index >= 15 is 0 Å². The monoisotopic (exact) mass is 172 g/mol. The van der Waals surface area contributed by atoms with Crippen LogP contribution in [0.4, 0.5) is 0 Å². The highest BCUT2D eigenvalue weighted by Gasteiger charge is 2.34. The van der Waals surface area contributed by atoms with E-state index in [0.717, 1.165) is 0 Å². The summed E-state index contributed by atoms with van der Waals surface area (Å²) in [6.07, 6.45) is 2.60. The van der Waals surface area contributed by atoms with Crippen molar-refractivity contribution < 1.29 is 0 Å². The van der Waals surface area contributed by atoms with E-state index in [9.17, 15) is 0 Å². The first kappa shape index (κ1) is 11.9. The van der Waals surface area contributed by atoms with Gasteiger partial charge in [-0.1, -0.05) is 20.8 Å².